The molecule has 186 valence electrons. The quantitative estimate of drug-likeness (QED) is 0.598. The molecule has 35 heavy (non-hydrogen) atoms. The molecule has 4 rings (SSSR count). The van der Waals surface area contributed by atoms with E-state index in [-0.39, 0.29) is 38.1 Å². The highest BCUT2D eigenvalue weighted by Crippen LogP contribution is 2.44. The van der Waals surface area contributed by atoms with E-state index in [1.54, 1.807) is 0 Å². The van der Waals surface area contributed by atoms with Crippen LogP contribution in [0, 0.1) is 5.41 Å². The summed E-state index contributed by atoms with van der Waals surface area (Å²) in [6.45, 7) is 4.61. The van der Waals surface area contributed by atoms with Gasteiger partial charge >= 0.3 is 12.1 Å². The van der Waals surface area contributed by atoms with Gasteiger partial charge < -0.3 is 24.8 Å². The van der Waals surface area contributed by atoms with Crippen molar-refractivity contribution in [3.63, 3.8) is 0 Å². The van der Waals surface area contributed by atoms with Crippen LogP contribution in [0.25, 0.3) is 11.1 Å². The van der Waals surface area contributed by atoms with Crippen LogP contribution in [0.1, 0.15) is 43.7 Å². The molecule has 0 radical (unpaired) electrons. The summed E-state index contributed by atoms with van der Waals surface area (Å²) in [6.07, 6.45) is -0.604. The molecule has 1 heterocycles. The second-order valence-corrected chi connectivity index (χ2v) is 9.12. The number of amides is 2. The average molecular weight is 481 g/mol. The highest BCUT2D eigenvalue weighted by atomic mass is 16.5. The zero-order valence-electron chi connectivity index (χ0n) is 20.2. The van der Waals surface area contributed by atoms with Crippen LogP contribution >= 0.6 is 0 Å². The molecule has 8 heteroatoms. The van der Waals surface area contributed by atoms with E-state index < -0.39 is 23.6 Å². The number of carboxylic acids is 1. The number of alkyl carbamates (subject to hydrolysis) is 1. The van der Waals surface area contributed by atoms with Gasteiger partial charge in [-0.05, 0) is 35.1 Å². The molecule has 1 aliphatic carbocycles. The highest BCUT2D eigenvalue weighted by Gasteiger charge is 2.41. The zero-order valence-corrected chi connectivity index (χ0v) is 20.2. The molecular formula is C27H32N2O6. The molecule has 2 aliphatic rings. The number of hydrogen-bond acceptors (Lipinski definition) is 5. The van der Waals surface area contributed by atoms with Crippen LogP contribution in [-0.2, 0) is 19.1 Å². The Hall–Kier alpha value is -3.39. The molecule has 0 spiro atoms. The normalized spacial score (nSPS) is 17.4. The van der Waals surface area contributed by atoms with Gasteiger partial charge in [0.15, 0.2) is 6.10 Å². The topological polar surface area (TPSA) is 105 Å². The third-order valence-electron chi connectivity index (χ3n) is 7.35. The molecule has 0 aromatic heterocycles. The van der Waals surface area contributed by atoms with Gasteiger partial charge in [0, 0.05) is 19.0 Å². The Bertz CT molecular complexity index is 1050. The van der Waals surface area contributed by atoms with Gasteiger partial charge in [-0.3, -0.25) is 4.79 Å². The SMILES string of the molecule is CCC(CC)(CNC(=O)OCC1c2ccccc2-c2ccccc21)C(=O)N1CCOC(C(=O)O)C1. The Morgan fingerprint density at radius 2 is 1.66 bits per heavy atom. The van der Waals surface area contributed by atoms with E-state index >= 15 is 0 Å². The number of carbonyl (C=O) groups excluding carboxylic acids is 2. The van der Waals surface area contributed by atoms with E-state index in [9.17, 15) is 19.5 Å². The highest BCUT2D eigenvalue weighted by molar-refractivity contribution is 5.85. The summed E-state index contributed by atoms with van der Waals surface area (Å²) < 4.78 is 10.9. The van der Waals surface area contributed by atoms with Crippen molar-refractivity contribution in [2.45, 2.75) is 38.7 Å². The maximum absolute atomic E-state index is 13.4. The number of carbonyl (C=O) groups is 3. The van der Waals surface area contributed by atoms with Crippen LogP contribution in [0.15, 0.2) is 48.5 Å². The van der Waals surface area contributed by atoms with Crippen LogP contribution in [0.4, 0.5) is 4.79 Å². The fraction of sp³-hybridized carbons (Fsp3) is 0.444. The monoisotopic (exact) mass is 480 g/mol. The first-order valence-electron chi connectivity index (χ1n) is 12.1. The molecule has 2 amide bonds. The summed E-state index contributed by atoms with van der Waals surface area (Å²) in [5.74, 6) is -1.30. The second kappa shape index (κ2) is 10.5. The lowest BCUT2D eigenvalue weighted by Gasteiger charge is -2.39. The fourth-order valence-electron chi connectivity index (χ4n) is 5.09. The van der Waals surface area contributed by atoms with Gasteiger partial charge in [-0.2, -0.15) is 0 Å². The lowest BCUT2D eigenvalue weighted by atomic mass is 9.80. The Morgan fingerprint density at radius 1 is 1.06 bits per heavy atom. The Labute approximate surface area is 205 Å². The number of hydrogen-bond donors (Lipinski definition) is 2. The van der Waals surface area contributed by atoms with Crippen molar-refractivity contribution < 1.29 is 29.0 Å². The van der Waals surface area contributed by atoms with Gasteiger partial charge in [-0.1, -0.05) is 62.4 Å². The molecule has 1 saturated heterocycles. The van der Waals surface area contributed by atoms with E-state index in [1.165, 1.54) is 4.90 Å². The van der Waals surface area contributed by atoms with Gasteiger partial charge in [-0.15, -0.1) is 0 Å². The molecule has 1 unspecified atom stereocenters. The number of morpholine rings is 1. The summed E-state index contributed by atoms with van der Waals surface area (Å²) in [7, 11) is 0. The molecule has 8 nitrogen and oxygen atoms in total. The van der Waals surface area contributed by atoms with Crippen molar-refractivity contribution in [2.75, 3.05) is 32.8 Å². The molecule has 1 aliphatic heterocycles. The smallest absolute Gasteiger partial charge is 0.407 e. The number of aliphatic carboxylic acids is 1. The van der Waals surface area contributed by atoms with E-state index in [1.807, 2.05) is 38.1 Å². The maximum Gasteiger partial charge on any atom is 0.407 e. The van der Waals surface area contributed by atoms with Crippen molar-refractivity contribution in [1.82, 2.24) is 10.2 Å². The Balaban J connectivity index is 1.39. The first kappa shape index (κ1) is 24.7. The number of ether oxygens (including phenoxy) is 2. The van der Waals surface area contributed by atoms with Crippen molar-refractivity contribution in [3.8, 4) is 11.1 Å². The third kappa shape index (κ3) is 4.89. The summed E-state index contributed by atoms with van der Waals surface area (Å²) in [4.78, 5) is 38.9. The van der Waals surface area contributed by atoms with Gasteiger partial charge in [0.05, 0.1) is 18.6 Å². The standard InChI is InChI=1S/C27H32N2O6/c1-3-27(4-2,25(32)29-13-14-34-23(15-29)24(30)31)17-28-26(33)35-16-22-20-11-7-5-9-18(20)19-10-6-8-12-21(19)22/h5-12,22-23H,3-4,13-17H2,1-2H3,(H,28,33)(H,30,31). The molecule has 2 N–H and O–H groups in total. The molecule has 2 aromatic carbocycles. The first-order valence-corrected chi connectivity index (χ1v) is 12.1. The number of carboxylic acid groups (broad SMARTS) is 1. The van der Waals surface area contributed by atoms with E-state index in [2.05, 4.69) is 29.6 Å². The molecule has 0 saturated carbocycles. The number of benzene rings is 2. The van der Waals surface area contributed by atoms with Crippen LogP contribution in [0.5, 0.6) is 0 Å². The minimum Gasteiger partial charge on any atom is -0.479 e. The van der Waals surface area contributed by atoms with Gasteiger partial charge in [0.1, 0.15) is 6.61 Å². The van der Waals surface area contributed by atoms with E-state index in [0.717, 1.165) is 22.3 Å². The second-order valence-electron chi connectivity index (χ2n) is 9.12. The molecule has 0 bridgehead atoms. The van der Waals surface area contributed by atoms with Crippen molar-refractivity contribution in [3.05, 3.63) is 59.7 Å². The van der Waals surface area contributed by atoms with E-state index in [4.69, 9.17) is 9.47 Å². The predicted octanol–water partition coefficient (Wildman–Crippen LogP) is 3.64. The van der Waals surface area contributed by atoms with Crippen LogP contribution < -0.4 is 5.32 Å². The number of rotatable bonds is 8. The molecule has 1 fully saturated rings. The minimum absolute atomic E-state index is 0.000854. The predicted molar refractivity (Wildman–Crippen MR) is 130 cm³/mol. The average Bonchev–Trinajstić information content (AvgIpc) is 3.22. The maximum atomic E-state index is 13.4. The van der Waals surface area contributed by atoms with Crippen molar-refractivity contribution >= 4 is 18.0 Å². The lowest BCUT2D eigenvalue weighted by Crippen LogP contribution is -2.55. The van der Waals surface area contributed by atoms with Crippen molar-refractivity contribution in [2.24, 2.45) is 5.41 Å². The Kier molecular flexibility index (Phi) is 7.40. The van der Waals surface area contributed by atoms with Crippen molar-refractivity contribution in [1.29, 1.82) is 0 Å². The molecular weight excluding hydrogens is 448 g/mol. The summed E-state index contributed by atoms with van der Waals surface area (Å²) in [6, 6.07) is 16.3. The molecule has 2 aromatic rings. The number of fused-ring (bicyclic) bond motifs is 3. The first-order chi connectivity index (χ1) is 16.9. The van der Waals surface area contributed by atoms with Crippen LogP contribution in [-0.4, -0.2) is 66.9 Å². The van der Waals surface area contributed by atoms with Gasteiger partial charge in [-0.25, -0.2) is 9.59 Å². The summed E-state index contributed by atoms with van der Waals surface area (Å²) in [5.41, 5.74) is 3.74. The third-order valence-corrected chi connectivity index (χ3v) is 7.35. The fourth-order valence-corrected chi connectivity index (χ4v) is 5.09. The number of nitrogens with zero attached hydrogens (tertiary/aromatic N) is 1. The number of nitrogens with one attached hydrogen (secondary N) is 1. The van der Waals surface area contributed by atoms with Crippen LogP contribution in [0.3, 0.4) is 0 Å². The van der Waals surface area contributed by atoms with E-state index in [0.29, 0.717) is 19.4 Å². The summed E-state index contributed by atoms with van der Waals surface area (Å²) in [5, 5.41) is 12.1. The molecule has 1 atom stereocenters. The summed E-state index contributed by atoms with van der Waals surface area (Å²) >= 11 is 0. The Morgan fingerprint density at radius 3 is 2.23 bits per heavy atom. The zero-order chi connectivity index (χ0) is 25.0. The van der Waals surface area contributed by atoms with Gasteiger partial charge in [0.25, 0.3) is 0 Å². The van der Waals surface area contributed by atoms with Crippen LogP contribution in [0.2, 0.25) is 0 Å². The minimum atomic E-state index is -1.09. The lowest BCUT2D eigenvalue weighted by molar-refractivity contribution is -0.163. The van der Waals surface area contributed by atoms with Gasteiger partial charge in [0.2, 0.25) is 5.91 Å². The largest absolute Gasteiger partial charge is 0.479 e.